The lowest BCUT2D eigenvalue weighted by Crippen LogP contribution is -2.26. The first kappa shape index (κ1) is 10.5. The molecule has 0 N–H and O–H groups in total. The van der Waals surface area contributed by atoms with Crippen LogP contribution in [-0.4, -0.2) is 4.57 Å². The van der Waals surface area contributed by atoms with Gasteiger partial charge in [-0.05, 0) is 12.1 Å². The van der Waals surface area contributed by atoms with E-state index in [-0.39, 0.29) is 0 Å². The Balaban J connectivity index is 2.22. The Hall–Kier alpha value is -2.60. The summed E-state index contributed by atoms with van der Waals surface area (Å²) in [4.78, 5) is 0. The maximum atomic E-state index is 8.81. The molecule has 3 aromatic rings. The topological polar surface area (TPSA) is 32.6 Å². The lowest BCUT2D eigenvalue weighted by atomic mass is 10.2. The van der Waals surface area contributed by atoms with E-state index in [0.29, 0.717) is 5.56 Å². The molecule has 3 nitrogen and oxygen atoms in total. The Morgan fingerprint density at radius 3 is 2.56 bits per heavy atom. The number of nitriles is 1. The van der Waals surface area contributed by atoms with Crippen molar-refractivity contribution in [2.75, 3.05) is 0 Å². The van der Waals surface area contributed by atoms with Crippen LogP contribution in [0.15, 0.2) is 48.5 Å². The molecule has 0 spiro atoms. The molecule has 86 valence electrons. The first-order chi connectivity index (χ1) is 8.79. The molecule has 0 saturated heterocycles. The van der Waals surface area contributed by atoms with Crippen LogP contribution in [0.25, 0.3) is 16.7 Å². The molecule has 0 saturated carbocycles. The second-order valence-corrected chi connectivity index (χ2v) is 4.14. The summed E-state index contributed by atoms with van der Waals surface area (Å²) in [7, 11) is 1.97. The van der Waals surface area contributed by atoms with E-state index in [4.69, 9.17) is 5.26 Å². The Bertz CT molecular complexity index is 745. The van der Waals surface area contributed by atoms with Crippen LogP contribution in [0.1, 0.15) is 5.56 Å². The van der Waals surface area contributed by atoms with Crippen molar-refractivity contribution in [1.82, 2.24) is 4.57 Å². The predicted octanol–water partition coefficient (Wildman–Crippen LogP) is 2.13. The second-order valence-electron chi connectivity index (χ2n) is 4.14. The third kappa shape index (κ3) is 1.56. The zero-order valence-corrected chi connectivity index (χ0v) is 9.96. The minimum absolute atomic E-state index is 0.666. The van der Waals surface area contributed by atoms with Gasteiger partial charge in [0.1, 0.15) is 0 Å². The number of fused-ring (bicyclic) bond motifs is 1. The fourth-order valence-electron chi connectivity index (χ4n) is 2.08. The van der Waals surface area contributed by atoms with E-state index in [9.17, 15) is 0 Å². The van der Waals surface area contributed by atoms with Crippen LogP contribution < -0.4 is 4.57 Å². The van der Waals surface area contributed by atoms with Crippen molar-refractivity contribution in [3.63, 3.8) is 0 Å². The number of aryl methyl sites for hydroxylation is 1. The van der Waals surface area contributed by atoms with E-state index >= 15 is 0 Å². The lowest BCUT2D eigenvalue weighted by molar-refractivity contribution is -0.649. The molecule has 1 aromatic heterocycles. The molecule has 3 heteroatoms. The van der Waals surface area contributed by atoms with Gasteiger partial charge in [0.25, 0.3) is 0 Å². The maximum Gasteiger partial charge on any atom is 0.244 e. The number of imidazole rings is 1. The van der Waals surface area contributed by atoms with E-state index in [1.54, 1.807) is 0 Å². The highest BCUT2D eigenvalue weighted by molar-refractivity contribution is 5.73. The highest BCUT2D eigenvalue weighted by atomic mass is 15.1. The van der Waals surface area contributed by atoms with Gasteiger partial charge in [0.05, 0.1) is 35.4 Å². The average Bonchev–Trinajstić information content (AvgIpc) is 2.77. The van der Waals surface area contributed by atoms with Gasteiger partial charge in [-0.1, -0.05) is 36.4 Å². The molecule has 0 aliphatic heterocycles. The van der Waals surface area contributed by atoms with E-state index in [1.807, 2.05) is 52.6 Å². The summed E-state index contributed by atoms with van der Waals surface area (Å²) in [6, 6.07) is 17.8. The number of hydrogen-bond donors (Lipinski definition) is 0. The van der Waals surface area contributed by atoms with Crippen LogP contribution in [0, 0.1) is 17.7 Å². The van der Waals surface area contributed by atoms with Gasteiger partial charge in [-0.25, -0.2) is 0 Å². The van der Waals surface area contributed by atoms with Crippen LogP contribution >= 0.6 is 0 Å². The van der Waals surface area contributed by atoms with E-state index in [2.05, 4.69) is 24.5 Å². The molecule has 0 fully saturated rings. The minimum Gasteiger partial charge on any atom is -0.319 e. The van der Waals surface area contributed by atoms with Gasteiger partial charge >= 0.3 is 0 Å². The zero-order chi connectivity index (χ0) is 12.5. The Morgan fingerprint density at radius 1 is 1.11 bits per heavy atom. The van der Waals surface area contributed by atoms with Crippen molar-refractivity contribution in [2.45, 2.75) is 0 Å². The average molecular weight is 233 g/mol. The van der Waals surface area contributed by atoms with Crippen LogP contribution in [-0.2, 0) is 7.05 Å². The largest absolute Gasteiger partial charge is 0.319 e. The predicted molar refractivity (Wildman–Crippen MR) is 68.0 cm³/mol. The fourth-order valence-corrected chi connectivity index (χ4v) is 2.08. The number of rotatable bonds is 1. The Morgan fingerprint density at radius 2 is 1.83 bits per heavy atom. The van der Waals surface area contributed by atoms with Crippen LogP contribution in [0.4, 0.5) is 0 Å². The molecular formula is C15H11N3. The standard InChI is InChI=1S/C15H11N3/c1-17-11-18(15-5-3-2-4-14(15)17)13-8-6-12(10-16)7-9-13/h2-9H,1H3. The summed E-state index contributed by atoms with van der Waals surface area (Å²) in [5.74, 6) is 0. The Labute approximate surface area is 105 Å². The second kappa shape index (κ2) is 4.01. The van der Waals surface area contributed by atoms with Crippen molar-refractivity contribution in [3.05, 3.63) is 60.4 Å². The number of para-hydroxylation sites is 2. The summed E-state index contributed by atoms with van der Waals surface area (Å²) in [5.41, 5.74) is 3.90. The van der Waals surface area contributed by atoms with Crippen molar-refractivity contribution in [1.29, 1.82) is 5.26 Å². The monoisotopic (exact) mass is 233 g/mol. The molecule has 0 unspecified atom stereocenters. The van der Waals surface area contributed by atoms with Crippen molar-refractivity contribution in [2.24, 2.45) is 7.05 Å². The van der Waals surface area contributed by atoms with Gasteiger partial charge in [-0.15, -0.1) is 0 Å². The quantitative estimate of drug-likeness (QED) is 0.468. The number of benzene rings is 2. The van der Waals surface area contributed by atoms with Crippen molar-refractivity contribution < 1.29 is 4.57 Å². The molecule has 0 aliphatic carbocycles. The van der Waals surface area contributed by atoms with Gasteiger partial charge in [-0.3, -0.25) is 0 Å². The molecule has 0 radical (unpaired) electrons. The molecule has 0 amide bonds. The van der Waals surface area contributed by atoms with Gasteiger partial charge in [0.15, 0.2) is 0 Å². The molecule has 2 aromatic carbocycles. The first-order valence-corrected chi connectivity index (χ1v) is 5.69. The third-order valence-electron chi connectivity index (χ3n) is 2.99. The lowest BCUT2D eigenvalue weighted by Gasteiger charge is -2.04. The molecular weight excluding hydrogens is 222 g/mol. The van der Waals surface area contributed by atoms with Gasteiger partial charge in [0, 0.05) is 0 Å². The summed E-state index contributed by atoms with van der Waals surface area (Å²) < 4.78 is 3.96. The zero-order valence-electron chi connectivity index (χ0n) is 9.96. The van der Waals surface area contributed by atoms with Crippen LogP contribution in [0.5, 0.6) is 0 Å². The highest BCUT2D eigenvalue weighted by Crippen LogP contribution is 2.16. The minimum atomic E-state index is 0.666. The summed E-state index contributed by atoms with van der Waals surface area (Å²) in [5, 5.41) is 8.81. The molecule has 0 atom stereocenters. The van der Waals surface area contributed by atoms with Crippen molar-refractivity contribution in [3.8, 4) is 11.8 Å². The van der Waals surface area contributed by atoms with Gasteiger partial charge in [0.2, 0.25) is 6.33 Å². The highest BCUT2D eigenvalue weighted by Gasteiger charge is 2.05. The molecule has 3 rings (SSSR count). The smallest absolute Gasteiger partial charge is 0.244 e. The summed E-state index contributed by atoms with van der Waals surface area (Å²) >= 11 is 0. The normalized spacial score (nSPS) is 10.4. The van der Waals surface area contributed by atoms with Gasteiger partial charge < -0.3 is 9.13 Å². The third-order valence-corrected chi connectivity index (χ3v) is 2.99. The van der Waals surface area contributed by atoms with Gasteiger partial charge in [-0.2, -0.15) is 5.26 Å². The molecule has 0 aliphatic rings. The fraction of sp³-hybridized carbons (Fsp3) is 0.0667. The molecule has 1 heterocycles. The van der Waals surface area contributed by atoms with Crippen molar-refractivity contribution >= 4 is 11.0 Å². The number of nitrogens with zero attached hydrogens (tertiary/aromatic N) is 3. The SMILES string of the molecule is C[n+]1[c-]n(-c2ccc(C#N)cc2)c2ccccc21. The summed E-state index contributed by atoms with van der Waals surface area (Å²) in [6.07, 6.45) is 3.26. The number of hydrogen-bond acceptors (Lipinski definition) is 1. The van der Waals surface area contributed by atoms with E-state index in [1.165, 1.54) is 0 Å². The number of aromatic nitrogens is 2. The maximum absolute atomic E-state index is 8.81. The molecule has 0 bridgehead atoms. The Kier molecular flexibility index (Phi) is 2.35. The van der Waals surface area contributed by atoms with Crippen LogP contribution in [0.2, 0.25) is 0 Å². The van der Waals surface area contributed by atoms with Crippen LogP contribution in [0.3, 0.4) is 0 Å². The first-order valence-electron chi connectivity index (χ1n) is 5.69. The van der Waals surface area contributed by atoms with E-state index < -0.39 is 0 Å². The summed E-state index contributed by atoms with van der Waals surface area (Å²) in [6.45, 7) is 0. The molecule has 18 heavy (non-hydrogen) atoms. The van der Waals surface area contributed by atoms with E-state index in [0.717, 1.165) is 16.7 Å².